The minimum absolute atomic E-state index is 0.0507. The molecule has 0 aliphatic heterocycles. The van der Waals surface area contributed by atoms with Gasteiger partial charge in [-0.15, -0.1) is 0 Å². The van der Waals surface area contributed by atoms with Gasteiger partial charge in [0.25, 0.3) is 5.91 Å². The fraction of sp³-hybridized carbons (Fsp3) is 0.0833. The lowest BCUT2D eigenvalue weighted by atomic mass is 10.1. The molecule has 0 aliphatic carbocycles. The van der Waals surface area contributed by atoms with Gasteiger partial charge in [0.15, 0.2) is 0 Å². The van der Waals surface area contributed by atoms with Gasteiger partial charge in [0.05, 0.1) is 19.2 Å². The number of hydrogen-bond acceptors (Lipinski definition) is 3. The lowest BCUT2D eigenvalue weighted by Gasteiger charge is -2.24. The maximum absolute atomic E-state index is 14.3. The number of anilines is 1. The molecule has 0 atom stereocenters. The molecule has 0 aliphatic rings. The van der Waals surface area contributed by atoms with Crippen LogP contribution in [0.15, 0.2) is 77.6 Å². The van der Waals surface area contributed by atoms with E-state index >= 15 is 0 Å². The van der Waals surface area contributed by atoms with Gasteiger partial charge in [-0.2, -0.15) is 0 Å². The zero-order valence-electron chi connectivity index (χ0n) is 16.6. The smallest absolute Gasteiger partial charge is 0.258 e. The van der Waals surface area contributed by atoms with Crippen LogP contribution in [0.5, 0.6) is 5.75 Å². The Balaban J connectivity index is 1.82. The van der Waals surface area contributed by atoms with Crippen molar-refractivity contribution in [2.24, 2.45) is 0 Å². The molecule has 3 aromatic carbocycles. The molecule has 1 heterocycles. The largest absolute Gasteiger partial charge is 0.497 e. The molecule has 1 N–H and O–H groups in total. The van der Waals surface area contributed by atoms with Gasteiger partial charge in [-0.1, -0.05) is 29.8 Å². The Labute approximate surface area is 182 Å². The van der Waals surface area contributed by atoms with Crippen molar-refractivity contribution in [3.63, 3.8) is 0 Å². The van der Waals surface area contributed by atoms with Crippen LogP contribution in [0.1, 0.15) is 15.9 Å². The van der Waals surface area contributed by atoms with Gasteiger partial charge in [0.2, 0.25) is 5.56 Å². The third-order valence-electron chi connectivity index (χ3n) is 4.94. The number of pyridine rings is 1. The Bertz CT molecular complexity index is 1320. The van der Waals surface area contributed by atoms with Crippen LogP contribution in [-0.2, 0) is 6.54 Å². The number of para-hydroxylation sites is 1. The molecule has 1 aromatic heterocycles. The van der Waals surface area contributed by atoms with E-state index in [1.54, 1.807) is 67.8 Å². The maximum Gasteiger partial charge on any atom is 0.258 e. The van der Waals surface area contributed by atoms with Crippen molar-refractivity contribution in [1.29, 1.82) is 0 Å². The molecule has 0 spiro atoms. The first kappa shape index (κ1) is 20.6. The van der Waals surface area contributed by atoms with Crippen LogP contribution in [0.3, 0.4) is 0 Å². The van der Waals surface area contributed by atoms with Crippen LogP contribution in [0.25, 0.3) is 10.9 Å². The average molecular weight is 437 g/mol. The van der Waals surface area contributed by atoms with E-state index in [4.69, 9.17) is 16.3 Å². The molecule has 4 rings (SSSR count). The first-order valence-electron chi connectivity index (χ1n) is 9.48. The second-order valence-corrected chi connectivity index (χ2v) is 7.36. The number of nitrogens with zero attached hydrogens (tertiary/aromatic N) is 1. The van der Waals surface area contributed by atoms with Crippen LogP contribution in [0.2, 0.25) is 5.02 Å². The first-order valence-corrected chi connectivity index (χ1v) is 9.86. The summed E-state index contributed by atoms with van der Waals surface area (Å²) in [5, 5.41) is 0.987. The van der Waals surface area contributed by atoms with Crippen LogP contribution in [0.4, 0.5) is 10.1 Å². The van der Waals surface area contributed by atoms with Gasteiger partial charge in [0, 0.05) is 27.7 Å². The molecule has 156 valence electrons. The molecule has 5 nitrogen and oxygen atoms in total. The third kappa shape index (κ3) is 4.29. The molecule has 7 heteroatoms. The zero-order valence-corrected chi connectivity index (χ0v) is 17.3. The number of amides is 1. The Morgan fingerprint density at radius 1 is 1.06 bits per heavy atom. The van der Waals surface area contributed by atoms with Crippen molar-refractivity contribution >= 4 is 34.1 Å². The summed E-state index contributed by atoms with van der Waals surface area (Å²) < 4.78 is 19.4. The molecule has 4 aromatic rings. The number of methoxy groups -OCH3 is 1. The summed E-state index contributed by atoms with van der Waals surface area (Å²) in [6.07, 6.45) is 0. The summed E-state index contributed by atoms with van der Waals surface area (Å²) in [6, 6.07) is 19.5. The second kappa shape index (κ2) is 8.62. The second-order valence-electron chi connectivity index (χ2n) is 6.92. The van der Waals surface area contributed by atoms with Crippen LogP contribution in [0, 0.1) is 5.82 Å². The van der Waals surface area contributed by atoms with Crippen molar-refractivity contribution < 1.29 is 13.9 Å². The number of aromatic amines is 1. The fourth-order valence-electron chi connectivity index (χ4n) is 3.43. The third-order valence-corrected chi connectivity index (χ3v) is 5.18. The van der Waals surface area contributed by atoms with Gasteiger partial charge in [-0.25, -0.2) is 4.39 Å². The van der Waals surface area contributed by atoms with E-state index < -0.39 is 11.4 Å². The number of rotatable bonds is 5. The number of carbonyl (C=O) groups is 1. The highest BCUT2D eigenvalue weighted by Crippen LogP contribution is 2.26. The first-order chi connectivity index (χ1) is 15.0. The summed E-state index contributed by atoms with van der Waals surface area (Å²) >= 11 is 6.16. The summed E-state index contributed by atoms with van der Waals surface area (Å²) in [5.41, 5.74) is 1.16. The normalized spacial score (nSPS) is 10.8. The number of benzene rings is 3. The van der Waals surface area contributed by atoms with Crippen molar-refractivity contribution in [1.82, 2.24) is 4.98 Å². The standard InChI is InChI=1S/C24H18ClFN2O3/c1-31-19-10-8-15(9-11-19)24(30)28(18-5-2-4-17(25)13-18)14-16-12-22(29)27-23-20(16)6-3-7-21(23)26/h2-13H,14H2,1H3,(H,27,29). The Kier molecular flexibility index (Phi) is 5.73. The molecule has 0 radical (unpaired) electrons. The number of fused-ring (bicyclic) bond motifs is 1. The monoisotopic (exact) mass is 436 g/mol. The van der Waals surface area contributed by atoms with Gasteiger partial charge >= 0.3 is 0 Å². The van der Waals surface area contributed by atoms with E-state index in [0.29, 0.717) is 33.0 Å². The van der Waals surface area contributed by atoms with Crippen LogP contribution >= 0.6 is 11.6 Å². The SMILES string of the molecule is COc1ccc(C(=O)N(Cc2cc(=O)[nH]c3c(F)cccc23)c2cccc(Cl)c2)cc1. The van der Waals surface area contributed by atoms with Crippen LogP contribution in [-0.4, -0.2) is 18.0 Å². The van der Waals surface area contributed by atoms with Gasteiger partial charge in [-0.3, -0.25) is 9.59 Å². The van der Waals surface area contributed by atoms with Crippen molar-refractivity contribution in [3.8, 4) is 5.75 Å². The molecule has 0 unspecified atom stereocenters. The Morgan fingerprint density at radius 3 is 2.52 bits per heavy atom. The minimum Gasteiger partial charge on any atom is -0.497 e. The van der Waals surface area contributed by atoms with Gasteiger partial charge in [-0.05, 0) is 54.1 Å². The average Bonchev–Trinajstić information content (AvgIpc) is 2.77. The summed E-state index contributed by atoms with van der Waals surface area (Å²) in [6.45, 7) is 0.0507. The summed E-state index contributed by atoms with van der Waals surface area (Å²) in [5.74, 6) is -0.205. The molecule has 0 saturated heterocycles. The molecular weight excluding hydrogens is 419 g/mol. The summed E-state index contributed by atoms with van der Waals surface area (Å²) in [4.78, 5) is 29.6. The topological polar surface area (TPSA) is 62.4 Å². The predicted octanol–water partition coefficient (Wildman–Crippen LogP) is 5.18. The van der Waals surface area contributed by atoms with E-state index in [9.17, 15) is 14.0 Å². The Hall–Kier alpha value is -3.64. The van der Waals surface area contributed by atoms with E-state index in [0.717, 1.165) is 0 Å². The highest BCUT2D eigenvalue weighted by Gasteiger charge is 2.20. The highest BCUT2D eigenvalue weighted by atomic mass is 35.5. The number of nitrogens with one attached hydrogen (secondary N) is 1. The van der Waals surface area contributed by atoms with E-state index in [1.165, 1.54) is 17.0 Å². The number of H-pyrrole nitrogens is 1. The van der Waals surface area contributed by atoms with E-state index in [1.807, 2.05) is 0 Å². The maximum atomic E-state index is 14.3. The van der Waals surface area contributed by atoms with Gasteiger partial charge in [0.1, 0.15) is 11.6 Å². The van der Waals surface area contributed by atoms with Crippen molar-refractivity contribution in [2.45, 2.75) is 6.54 Å². The van der Waals surface area contributed by atoms with E-state index in [-0.39, 0.29) is 18.0 Å². The number of hydrogen-bond donors (Lipinski definition) is 1. The number of aromatic nitrogens is 1. The molecular formula is C24H18ClFN2O3. The molecule has 31 heavy (non-hydrogen) atoms. The molecule has 0 fully saturated rings. The fourth-order valence-corrected chi connectivity index (χ4v) is 3.61. The zero-order chi connectivity index (χ0) is 22.0. The minimum atomic E-state index is -0.535. The molecule has 1 amide bonds. The van der Waals surface area contributed by atoms with E-state index in [2.05, 4.69) is 4.98 Å². The highest BCUT2D eigenvalue weighted by molar-refractivity contribution is 6.31. The quantitative estimate of drug-likeness (QED) is 0.469. The van der Waals surface area contributed by atoms with Crippen LogP contribution < -0.4 is 15.2 Å². The lowest BCUT2D eigenvalue weighted by molar-refractivity contribution is 0.0985. The van der Waals surface area contributed by atoms with Crippen molar-refractivity contribution in [2.75, 3.05) is 12.0 Å². The molecule has 0 saturated carbocycles. The number of carbonyl (C=O) groups excluding carboxylic acids is 1. The van der Waals surface area contributed by atoms with Crippen molar-refractivity contribution in [3.05, 3.63) is 105 Å². The van der Waals surface area contributed by atoms with Gasteiger partial charge < -0.3 is 14.6 Å². The molecule has 0 bridgehead atoms. The Morgan fingerprint density at radius 2 is 1.81 bits per heavy atom. The predicted molar refractivity (Wildman–Crippen MR) is 119 cm³/mol. The lowest BCUT2D eigenvalue weighted by Crippen LogP contribution is -2.31. The summed E-state index contributed by atoms with van der Waals surface area (Å²) in [7, 11) is 1.55. The number of halogens is 2. The number of ether oxygens (including phenoxy) is 1.